The van der Waals surface area contributed by atoms with Gasteiger partial charge in [-0.3, -0.25) is 0 Å². The summed E-state index contributed by atoms with van der Waals surface area (Å²) in [4.78, 5) is 4.27. The lowest BCUT2D eigenvalue weighted by atomic mass is 10.2. The molecule has 0 saturated carbocycles. The van der Waals surface area contributed by atoms with Gasteiger partial charge in [0.15, 0.2) is 17.5 Å². The van der Waals surface area contributed by atoms with Crippen molar-refractivity contribution < 1.29 is 14.2 Å². The van der Waals surface area contributed by atoms with Gasteiger partial charge in [0.05, 0.1) is 27.9 Å². The van der Waals surface area contributed by atoms with Crippen molar-refractivity contribution in [3.05, 3.63) is 17.7 Å². The second-order valence-corrected chi connectivity index (χ2v) is 4.53. The van der Waals surface area contributed by atoms with Crippen LogP contribution in [-0.4, -0.2) is 33.3 Å². The van der Waals surface area contributed by atoms with E-state index in [1.165, 1.54) is 0 Å². The molecule has 0 atom stereocenters. The van der Waals surface area contributed by atoms with Crippen LogP contribution in [0.25, 0.3) is 0 Å². The highest BCUT2D eigenvalue weighted by atomic mass is 127. The number of ether oxygens (including phenoxy) is 3. The van der Waals surface area contributed by atoms with Gasteiger partial charge in [0.25, 0.3) is 0 Å². The molecule has 0 aromatic heterocycles. The maximum Gasteiger partial charge on any atom is 0.203 e. The molecule has 0 bridgehead atoms. The minimum atomic E-state index is 0. The van der Waals surface area contributed by atoms with E-state index >= 15 is 0 Å². The topological polar surface area (TPSA) is 78.1 Å². The van der Waals surface area contributed by atoms with Crippen LogP contribution in [0, 0.1) is 0 Å². The van der Waals surface area contributed by atoms with Crippen LogP contribution in [0.5, 0.6) is 17.2 Å². The van der Waals surface area contributed by atoms with Gasteiger partial charge in [-0.1, -0.05) is 0 Å². The first-order valence-electron chi connectivity index (χ1n) is 6.37. The number of aliphatic imine (C=N–C) groups is 1. The van der Waals surface area contributed by atoms with Gasteiger partial charge in [-0.2, -0.15) is 0 Å². The predicted molar refractivity (Wildman–Crippen MR) is 95.1 cm³/mol. The summed E-state index contributed by atoms with van der Waals surface area (Å²) < 4.78 is 15.8. The molecule has 0 aliphatic carbocycles. The molecule has 1 aromatic rings. The summed E-state index contributed by atoms with van der Waals surface area (Å²) in [6.07, 6.45) is 0. The smallest absolute Gasteiger partial charge is 0.203 e. The fourth-order valence-electron chi connectivity index (χ4n) is 1.74. The Bertz CT molecular complexity index is 454. The van der Waals surface area contributed by atoms with E-state index in [9.17, 15) is 0 Å². The first-order chi connectivity index (χ1) is 9.51. The summed E-state index contributed by atoms with van der Waals surface area (Å²) in [6.45, 7) is 4.44. The number of nitrogens with one attached hydrogen (secondary N) is 1. The molecular weight excluding hydrogens is 385 g/mol. The van der Waals surface area contributed by atoms with Crippen LogP contribution < -0.4 is 25.3 Å². The normalized spacial score (nSPS) is 10.9. The molecule has 0 amide bonds. The third kappa shape index (κ3) is 5.86. The van der Waals surface area contributed by atoms with E-state index in [1.807, 2.05) is 26.0 Å². The van der Waals surface area contributed by atoms with Crippen LogP contribution in [0.15, 0.2) is 17.1 Å². The average molecular weight is 409 g/mol. The monoisotopic (exact) mass is 409 g/mol. The van der Waals surface area contributed by atoms with Gasteiger partial charge in [-0.15, -0.1) is 24.0 Å². The number of rotatable bonds is 6. The summed E-state index contributed by atoms with van der Waals surface area (Å²) in [5, 5.41) is 3.03. The average Bonchev–Trinajstić information content (AvgIpc) is 2.42. The third-order valence-corrected chi connectivity index (χ3v) is 2.59. The molecule has 7 heteroatoms. The highest BCUT2D eigenvalue weighted by Crippen LogP contribution is 2.38. The molecule has 0 heterocycles. The van der Waals surface area contributed by atoms with E-state index in [-0.39, 0.29) is 30.0 Å². The molecular formula is C14H24IN3O3. The largest absolute Gasteiger partial charge is 0.493 e. The van der Waals surface area contributed by atoms with Gasteiger partial charge in [-0.05, 0) is 31.5 Å². The Hall–Kier alpha value is -1.38. The minimum absolute atomic E-state index is 0. The number of nitrogens with two attached hydrogens (primary N) is 1. The van der Waals surface area contributed by atoms with E-state index < -0.39 is 0 Å². The lowest BCUT2D eigenvalue weighted by molar-refractivity contribution is 0.324. The first kappa shape index (κ1) is 19.6. The molecule has 120 valence electrons. The lowest BCUT2D eigenvalue weighted by Gasteiger charge is -2.14. The third-order valence-electron chi connectivity index (χ3n) is 2.59. The molecule has 21 heavy (non-hydrogen) atoms. The van der Waals surface area contributed by atoms with Crippen LogP contribution in [-0.2, 0) is 6.54 Å². The highest BCUT2D eigenvalue weighted by molar-refractivity contribution is 14.0. The van der Waals surface area contributed by atoms with E-state index in [0.29, 0.717) is 29.8 Å². The lowest BCUT2D eigenvalue weighted by Crippen LogP contribution is -2.36. The zero-order valence-electron chi connectivity index (χ0n) is 13.1. The van der Waals surface area contributed by atoms with Gasteiger partial charge in [0.2, 0.25) is 5.75 Å². The summed E-state index contributed by atoms with van der Waals surface area (Å²) in [6, 6.07) is 3.96. The molecule has 0 spiro atoms. The van der Waals surface area contributed by atoms with Gasteiger partial charge in [-0.25, -0.2) is 4.99 Å². The molecule has 0 aliphatic rings. The van der Waals surface area contributed by atoms with E-state index in [4.69, 9.17) is 19.9 Å². The zero-order chi connectivity index (χ0) is 15.1. The Morgan fingerprint density at radius 2 is 1.67 bits per heavy atom. The SMILES string of the molecule is COc1cc(CN=C(N)NC(C)C)cc(OC)c1OC.I. The van der Waals surface area contributed by atoms with Crippen LogP contribution in [0.3, 0.4) is 0 Å². The molecule has 3 N–H and O–H groups in total. The number of halogens is 1. The van der Waals surface area contributed by atoms with Crippen molar-refractivity contribution in [1.82, 2.24) is 5.32 Å². The molecule has 0 saturated heterocycles. The first-order valence-corrected chi connectivity index (χ1v) is 6.37. The fraction of sp³-hybridized carbons (Fsp3) is 0.500. The predicted octanol–water partition coefficient (Wildman–Crippen LogP) is 2.14. The van der Waals surface area contributed by atoms with Crippen LogP contribution in [0.4, 0.5) is 0 Å². The Kier molecular flexibility index (Phi) is 8.91. The molecule has 1 rings (SSSR count). The highest BCUT2D eigenvalue weighted by Gasteiger charge is 2.12. The van der Waals surface area contributed by atoms with Crippen molar-refractivity contribution in [2.24, 2.45) is 10.7 Å². The Balaban J connectivity index is 0.00000400. The zero-order valence-corrected chi connectivity index (χ0v) is 15.4. The van der Waals surface area contributed by atoms with Gasteiger partial charge < -0.3 is 25.3 Å². The second-order valence-electron chi connectivity index (χ2n) is 4.53. The van der Waals surface area contributed by atoms with E-state index in [0.717, 1.165) is 5.56 Å². The number of methoxy groups -OCH3 is 3. The summed E-state index contributed by atoms with van der Waals surface area (Å²) in [7, 11) is 4.74. The van der Waals surface area contributed by atoms with Crippen molar-refractivity contribution in [2.45, 2.75) is 26.4 Å². The molecule has 0 unspecified atom stereocenters. The molecule has 0 radical (unpaired) electrons. The molecule has 1 aromatic carbocycles. The summed E-state index contributed by atoms with van der Waals surface area (Å²) in [5.41, 5.74) is 6.70. The van der Waals surface area contributed by atoms with E-state index in [1.54, 1.807) is 21.3 Å². The van der Waals surface area contributed by atoms with Crippen LogP contribution in [0.1, 0.15) is 19.4 Å². The van der Waals surface area contributed by atoms with Crippen molar-refractivity contribution in [3.63, 3.8) is 0 Å². The maximum absolute atomic E-state index is 5.77. The quantitative estimate of drug-likeness (QED) is 0.428. The number of hydrogen-bond donors (Lipinski definition) is 2. The number of benzene rings is 1. The molecule has 0 aliphatic heterocycles. The van der Waals surface area contributed by atoms with Crippen molar-refractivity contribution >= 4 is 29.9 Å². The number of hydrogen-bond acceptors (Lipinski definition) is 4. The fourth-order valence-corrected chi connectivity index (χ4v) is 1.74. The van der Waals surface area contributed by atoms with Crippen molar-refractivity contribution in [2.75, 3.05) is 21.3 Å². The Morgan fingerprint density at radius 1 is 1.14 bits per heavy atom. The van der Waals surface area contributed by atoms with E-state index in [2.05, 4.69) is 10.3 Å². The maximum atomic E-state index is 5.77. The van der Waals surface area contributed by atoms with Gasteiger partial charge in [0, 0.05) is 6.04 Å². The van der Waals surface area contributed by atoms with Crippen LogP contribution in [0.2, 0.25) is 0 Å². The molecule has 6 nitrogen and oxygen atoms in total. The number of guanidine groups is 1. The van der Waals surface area contributed by atoms with Crippen molar-refractivity contribution in [1.29, 1.82) is 0 Å². The van der Waals surface area contributed by atoms with Gasteiger partial charge >= 0.3 is 0 Å². The standard InChI is InChI=1S/C14H23N3O3.HI/c1-9(2)17-14(15)16-8-10-6-11(18-3)13(20-5)12(7-10)19-4;/h6-7,9H,8H2,1-5H3,(H3,15,16,17);1H. The van der Waals surface area contributed by atoms with Crippen LogP contribution >= 0.6 is 24.0 Å². The Morgan fingerprint density at radius 3 is 2.05 bits per heavy atom. The Labute approximate surface area is 143 Å². The number of nitrogens with zero attached hydrogens (tertiary/aromatic N) is 1. The molecule has 0 fully saturated rings. The van der Waals surface area contributed by atoms with Gasteiger partial charge in [0.1, 0.15) is 0 Å². The summed E-state index contributed by atoms with van der Waals surface area (Å²) in [5.74, 6) is 2.18. The summed E-state index contributed by atoms with van der Waals surface area (Å²) >= 11 is 0. The minimum Gasteiger partial charge on any atom is -0.493 e. The second kappa shape index (κ2) is 9.54. The van der Waals surface area contributed by atoms with Crippen molar-refractivity contribution in [3.8, 4) is 17.2 Å².